The highest BCUT2D eigenvalue weighted by atomic mass is 35.5. The number of hydrogen-bond acceptors (Lipinski definition) is 6. The number of aryl methyl sites for hydroxylation is 1. The van der Waals surface area contributed by atoms with Crippen LogP contribution < -0.4 is 4.74 Å². The third-order valence-electron chi connectivity index (χ3n) is 3.45. The lowest BCUT2D eigenvalue weighted by atomic mass is 10.2. The average molecular weight is 411 g/mol. The van der Waals surface area contributed by atoms with Gasteiger partial charge in [-0.3, -0.25) is 0 Å². The van der Waals surface area contributed by atoms with Gasteiger partial charge in [-0.05, 0) is 41.6 Å². The molecule has 0 saturated heterocycles. The van der Waals surface area contributed by atoms with Crippen molar-refractivity contribution >= 4 is 35.0 Å². The number of rotatable bonds is 7. The third kappa shape index (κ3) is 4.88. The van der Waals surface area contributed by atoms with Gasteiger partial charge in [0.15, 0.2) is 0 Å². The molecule has 0 amide bonds. The second-order valence-electron chi connectivity index (χ2n) is 5.56. The number of aromatic nitrogens is 4. The van der Waals surface area contributed by atoms with Crippen LogP contribution in [0.25, 0.3) is 5.69 Å². The number of halogens is 2. The van der Waals surface area contributed by atoms with Crippen LogP contribution in [0.5, 0.6) is 5.75 Å². The van der Waals surface area contributed by atoms with E-state index in [1.807, 2.05) is 31.2 Å². The van der Waals surface area contributed by atoms with E-state index in [4.69, 9.17) is 27.9 Å². The maximum absolute atomic E-state index is 10.2. The summed E-state index contributed by atoms with van der Waals surface area (Å²) < 4.78 is 7.17. The Morgan fingerprint density at radius 1 is 1.19 bits per heavy atom. The molecule has 0 saturated carbocycles. The van der Waals surface area contributed by atoms with E-state index in [2.05, 4.69) is 15.5 Å². The molecule has 3 rings (SSSR count). The van der Waals surface area contributed by atoms with Crippen molar-refractivity contribution in [2.75, 3.05) is 12.4 Å². The molecule has 1 N–H and O–H groups in total. The van der Waals surface area contributed by atoms with Crippen LogP contribution in [0.3, 0.4) is 0 Å². The van der Waals surface area contributed by atoms with Crippen LogP contribution in [0.2, 0.25) is 10.0 Å². The Balaban J connectivity index is 1.57. The maximum Gasteiger partial charge on any atom is 0.214 e. The molecule has 1 aromatic heterocycles. The molecule has 6 nitrogen and oxygen atoms in total. The highest BCUT2D eigenvalue weighted by molar-refractivity contribution is 7.99. The normalized spacial score (nSPS) is 12.2. The molecule has 9 heteroatoms. The van der Waals surface area contributed by atoms with Crippen LogP contribution >= 0.6 is 35.0 Å². The smallest absolute Gasteiger partial charge is 0.214 e. The van der Waals surface area contributed by atoms with Gasteiger partial charge in [0.2, 0.25) is 5.16 Å². The quantitative estimate of drug-likeness (QED) is 0.596. The molecule has 0 aliphatic carbocycles. The molecule has 1 atom stereocenters. The van der Waals surface area contributed by atoms with E-state index < -0.39 is 6.10 Å². The zero-order valence-electron chi connectivity index (χ0n) is 13.8. The Kier molecular flexibility index (Phi) is 6.37. The van der Waals surface area contributed by atoms with E-state index in [0.717, 1.165) is 11.3 Å². The van der Waals surface area contributed by atoms with Gasteiger partial charge in [-0.2, -0.15) is 4.68 Å². The minimum Gasteiger partial charge on any atom is -0.489 e. The summed E-state index contributed by atoms with van der Waals surface area (Å²) in [4.78, 5) is 0. The topological polar surface area (TPSA) is 73.1 Å². The first-order valence-corrected chi connectivity index (χ1v) is 9.51. The number of thioether (sulfide) groups is 1. The molecule has 2 aromatic carbocycles. The molecule has 136 valence electrons. The Morgan fingerprint density at radius 3 is 2.73 bits per heavy atom. The van der Waals surface area contributed by atoms with Crippen molar-refractivity contribution in [1.82, 2.24) is 20.2 Å². The van der Waals surface area contributed by atoms with Gasteiger partial charge < -0.3 is 9.84 Å². The van der Waals surface area contributed by atoms with Crippen molar-refractivity contribution < 1.29 is 9.84 Å². The van der Waals surface area contributed by atoms with Gasteiger partial charge in [-0.25, -0.2) is 0 Å². The summed E-state index contributed by atoms with van der Waals surface area (Å²) in [5, 5.41) is 23.4. The number of hydrogen-bond donors (Lipinski definition) is 1. The number of nitrogens with zero attached hydrogens (tertiary/aromatic N) is 4. The van der Waals surface area contributed by atoms with Gasteiger partial charge in [0.25, 0.3) is 0 Å². The number of aliphatic hydroxyl groups excluding tert-OH is 1. The number of aliphatic hydroxyl groups is 1. The summed E-state index contributed by atoms with van der Waals surface area (Å²) in [6.07, 6.45) is -0.724. The van der Waals surface area contributed by atoms with Crippen molar-refractivity contribution in [3.8, 4) is 11.4 Å². The molecule has 0 spiro atoms. The van der Waals surface area contributed by atoms with Crippen LogP contribution in [-0.2, 0) is 0 Å². The number of tetrazole rings is 1. The highest BCUT2D eigenvalue weighted by Gasteiger charge is 2.13. The van der Waals surface area contributed by atoms with E-state index in [1.165, 1.54) is 11.8 Å². The largest absolute Gasteiger partial charge is 0.489 e. The van der Waals surface area contributed by atoms with Crippen molar-refractivity contribution in [2.45, 2.75) is 18.2 Å². The fourth-order valence-corrected chi connectivity index (χ4v) is 3.24. The predicted octanol–water partition coefficient (Wildman–Crippen LogP) is 3.81. The lowest BCUT2D eigenvalue weighted by Crippen LogP contribution is -2.20. The standard InChI is InChI=1S/C17H16Cl2N4O2S/c1-11-2-5-13(6-3-11)23-17(20-21-22-23)26-10-14(24)9-25-16-8-12(18)4-7-15(16)19/h2-8,14,24H,9-10H2,1H3/t14-/m1/s1. The summed E-state index contributed by atoms with van der Waals surface area (Å²) in [6.45, 7) is 2.10. The summed E-state index contributed by atoms with van der Waals surface area (Å²) in [5.41, 5.74) is 2.02. The Labute approximate surface area is 165 Å². The fourth-order valence-electron chi connectivity index (χ4n) is 2.11. The predicted molar refractivity (Wildman–Crippen MR) is 103 cm³/mol. The lowest BCUT2D eigenvalue weighted by molar-refractivity contribution is 0.126. The average Bonchev–Trinajstić information content (AvgIpc) is 3.10. The summed E-state index contributed by atoms with van der Waals surface area (Å²) >= 11 is 13.3. The van der Waals surface area contributed by atoms with E-state index in [0.29, 0.717) is 26.7 Å². The third-order valence-corrected chi connectivity index (χ3v) is 5.06. The van der Waals surface area contributed by atoms with Crippen molar-refractivity contribution in [3.63, 3.8) is 0 Å². The van der Waals surface area contributed by atoms with E-state index in [9.17, 15) is 5.11 Å². The molecule has 0 radical (unpaired) electrons. The maximum atomic E-state index is 10.2. The molecular formula is C17H16Cl2N4O2S. The zero-order chi connectivity index (χ0) is 18.5. The molecule has 26 heavy (non-hydrogen) atoms. The van der Waals surface area contributed by atoms with Crippen LogP contribution in [-0.4, -0.2) is 43.8 Å². The van der Waals surface area contributed by atoms with E-state index in [-0.39, 0.29) is 6.61 Å². The minimum atomic E-state index is -0.724. The minimum absolute atomic E-state index is 0.0825. The van der Waals surface area contributed by atoms with Gasteiger partial charge in [0.1, 0.15) is 12.4 Å². The Morgan fingerprint density at radius 2 is 1.96 bits per heavy atom. The summed E-state index contributed by atoms with van der Waals surface area (Å²) in [6, 6.07) is 12.8. The van der Waals surface area contributed by atoms with Gasteiger partial charge in [-0.1, -0.05) is 52.7 Å². The second kappa shape index (κ2) is 8.73. The van der Waals surface area contributed by atoms with Crippen LogP contribution in [0.15, 0.2) is 47.6 Å². The van der Waals surface area contributed by atoms with Gasteiger partial charge in [-0.15, -0.1) is 5.10 Å². The summed E-state index contributed by atoms with van der Waals surface area (Å²) in [5.74, 6) is 0.803. The SMILES string of the molecule is Cc1ccc(-n2nnnc2SC[C@H](O)COc2cc(Cl)ccc2Cl)cc1. The van der Waals surface area contributed by atoms with E-state index >= 15 is 0 Å². The number of ether oxygens (including phenoxy) is 1. The first-order valence-electron chi connectivity index (χ1n) is 7.77. The van der Waals surface area contributed by atoms with Crippen molar-refractivity contribution in [3.05, 3.63) is 58.1 Å². The van der Waals surface area contributed by atoms with Crippen molar-refractivity contribution in [2.24, 2.45) is 0 Å². The van der Waals surface area contributed by atoms with Crippen LogP contribution in [0.1, 0.15) is 5.56 Å². The first-order chi connectivity index (χ1) is 12.5. The molecule has 0 bridgehead atoms. The molecule has 0 aliphatic rings. The molecular weight excluding hydrogens is 395 g/mol. The van der Waals surface area contributed by atoms with E-state index in [1.54, 1.807) is 22.9 Å². The fraction of sp³-hybridized carbons (Fsp3) is 0.235. The van der Waals surface area contributed by atoms with Gasteiger partial charge >= 0.3 is 0 Å². The monoisotopic (exact) mass is 410 g/mol. The van der Waals surface area contributed by atoms with Crippen LogP contribution in [0, 0.1) is 6.92 Å². The van der Waals surface area contributed by atoms with Gasteiger partial charge in [0.05, 0.1) is 16.8 Å². The number of benzene rings is 2. The van der Waals surface area contributed by atoms with Gasteiger partial charge in [0, 0.05) is 16.8 Å². The summed E-state index contributed by atoms with van der Waals surface area (Å²) in [7, 11) is 0. The highest BCUT2D eigenvalue weighted by Crippen LogP contribution is 2.28. The Bertz CT molecular complexity index is 873. The van der Waals surface area contributed by atoms with Crippen LogP contribution in [0.4, 0.5) is 0 Å². The molecule has 0 fully saturated rings. The molecule has 0 aliphatic heterocycles. The zero-order valence-corrected chi connectivity index (χ0v) is 16.2. The second-order valence-corrected chi connectivity index (χ2v) is 7.39. The first kappa shape index (κ1) is 19.0. The molecule has 0 unspecified atom stereocenters. The lowest BCUT2D eigenvalue weighted by Gasteiger charge is -2.13. The van der Waals surface area contributed by atoms with Crippen molar-refractivity contribution in [1.29, 1.82) is 0 Å². The Hall–Kier alpha value is -1.80. The molecule has 1 heterocycles. The molecule has 3 aromatic rings.